The lowest BCUT2D eigenvalue weighted by molar-refractivity contribution is -0.123. The number of furan rings is 1. The van der Waals surface area contributed by atoms with Crippen molar-refractivity contribution in [3.8, 4) is 0 Å². The maximum Gasteiger partial charge on any atom is 0.264 e. The zero-order valence-corrected chi connectivity index (χ0v) is 18.7. The number of carbonyl (C=O) groups excluding carboxylic acids is 2. The standard InChI is InChI=1S/C23H30N2O3S/c1-13-10-17(13)18-9-8-16(28-18)12-25(15-6-7-15)21(26)20-14(2)11-19(29-20)24-22(27)23(3,4)5/h8-9,11,13,15,17H,6-7,10,12H2,1-5H3,(H,24,27). The molecule has 2 fully saturated rings. The van der Waals surface area contributed by atoms with E-state index in [9.17, 15) is 9.59 Å². The summed E-state index contributed by atoms with van der Waals surface area (Å²) in [5.74, 6) is 3.14. The van der Waals surface area contributed by atoms with Crippen LogP contribution in [0, 0.1) is 18.3 Å². The Morgan fingerprint density at radius 3 is 2.55 bits per heavy atom. The summed E-state index contributed by atoms with van der Waals surface area (Å²) in [6, 6.07) is 6.26. The molecule has 29 heavy (non-hydrogen) atoms. The third kappa shape index (κ3) is 4.42. The van der Waals surface area contributed by atoms with E-state index in [4.69, 9.17) is 4.42 Å². The van der Waals surface area contributed by atoms with Crippen LogP contribution in [0.25, 0.3) is 0 Å². The summed E-state index contributed by atoms with van der Waals surface area (Å²) >= 11 is 1.36. The SMILES string of the molecule is Cc1cc(NC(=O)C(C)(C)C)sc1C(=O)N(Cc1ccc(C2CC2C)o1)C1CC1. The molecule has 0 aliphatic heterocycles. The van der Waals surface area contributed by atoms with Crippen molar-refractivity contribution in [2.24, 2.45) is 11.3 Å². The highest BCUT2D eigenvalue weighted by Gasteiger charge is 2.38. The van der Waals surface area contributed by atoms with E-state index in [0.29, 0.717) is 23.3 Å². The summed E-state index contributed by atoms with van der Waals surface area (Å²) < 4.78 is 6.05. The Labute approximate surface area is 176 Å². The molecule has 4 rings (SSSR count). The molecule has 2 saturated carbocycles. The summed E-state index contributed by atoms with van der Waals surface area (Å²) in [5, 5.41) is 3.68. The highest BCUT2D eigenvalue weighted by Crippen LogP contribution is 2.47. The number of aryl methyl sites for hydroxylation is 1. The molecule has 0 saturated heterocycles. The molecule has 2 aliphatic rings. The Kier molecular flexibility index (Phi) is 5.09. The maximum absolute atomic E-state index is 13.3. The first-order chi connectivity index (χ1) is 13.6. The minimum atomic E-state index is -0.474. The number of rotatable bonds is 6. The van der Waals surface area contributed by atoms with Gasteiger partial charge in [0.15, 0.2) is 0 Å². The fraction of sp³-hybridized carbons (Fsp3) is 0.565. The lowest BCUT2D eigenvalue weighted by atomic mass is 9.96. The zero-order valence-electron chi connectivity index (χ0n) is 17.9. The predicted molar refractivity (Wildman–Crippen MR) is 115 cm³/mol. The number of nitrogens with one attached hydrogen (secondary N) is 1. The largest absolute Gasteiger partial charge is 0.464 e. The third-order valence-electron chi connectivity index (χ3n) is 5.76. The number of nitrogens with zero attached hydrogens (tertiary/aromatic N) is 1. The molecule has 0 spiro atoms. The molecule has 0 aromatic carbocycles. The van der Waals surface area contributed by atoms with Crippen molar-refractivity contribution >= 4 is 28.2 Å². The molecule has 2 heterocycles. The van der Waals surface area contributed by atoms with Gasteiger partial charge in [0.05, 0.1) is 16.4 Å². The van der Waals surface area contributed by atoms with Gasteiger partial charge in [0, 0.05) is 17.4 Å². The van der Waals surface area contributed by atoms with E-state index in [2.05, 4.69) is 18.3 Å². The first-order valence-electron chi connectivity index (χ1n) is 10.4. The van der Waals surface area contributed by atoms with Crippen LogP contribution in [-0.4, -0.2) is 22.8 Å². The van der Waals surface area contributed by atoms with Crippen molar-refractivity contribution in [2.45, 2.75) is 72.4 Å². The molecule has 156 valence electrons. The molecular weight excluding hydrogens is 384 g/mol. The minimum Gasteiger partial charge on any atom is -0.464 e. The number of carbonyl (C=O) groups is 2. The van der Waals surface area contributed by atoms with Crippen LogP contribution in [0.15, 0.2) is 22.6 Å². The van der Waals surface area contributed by atoms with E-state index in [1.54, 1.807) is 0 Å². The Morgan fingerprint density at radius 1 is 1.28 bits per heavy atom. The van der Waals surface area contributed by atoms with Gasteiger partial charge >= 0.3 is 0 Å². The molecule has 2 aromatic rings. The molecule has 0 bridgehead atoms. The Balaban J connectivity index is 1.49. The average molecular weight is 415 g/mol. The van der Waals surface area contributed by atoms with Crippen molar-refractivity contribution in [3.05, 3.63) is 40.2 Å². The second kappa shape index (κ2) is 7.31. The highest BCUT2D eigenvalue weighted by molar-refractivity contribution is 7.18. The van der Waals surface area contributed by atoms with Crippen LogP contribution >= 0.6 is 11.3 Å². The summed E-state index contributed by atoms with van der Waals surface area (Å²) in [6.45, 7) is 10.3. The van der Waals surface area contributed by atoms with E-state index < -0.39 is 5.41 Å². The van der Waals surface area contributed by atoms with E-state index in [1.165, 1.54) is 17.8 Å². The van der Waals surface area contributed by atoms with Crippen LogP contribution in [0.5, 0.6) is 0 Å². The number of thiophene rings is 1. The molecule has 2 atom stereocenters. The van der Waals surface area contributed by atoms with Crippen LogP contribution in [0.1, 0.15) is 79.6 Å². The van der Waals surface area contributed by atoms with Gasteiger partial charge in [-0.1, -0.05) is 27.7 Å². The lowest BCUT2D eigenvalue weighted by Gasteiger charge is -2.21. The second-order valence-electron chi connectivity index (χ2n) is 9.61. The van der Waals surface area contributed by atoms with Crippen LogP contribution in [0.2, 0.25) is 0 Å². The quantitative estimate of drug-likeness (QED) is 0.673. The van der Waals surface area contributed by atoms with Crippen molar-refractivity contribution < 1.29 is 14.0 Å². The van der Waals surface area contributed by atoms with Crippen molar-refractivity contribution in [3.63, 3.8) is 0 Å². The van der Waals surface area contributed by atoms with Gasteiger partial charge in [-0.2, -0.15) is 0 Å². The monoisotopic (exact) mass is 414 g/mol. The van der Waals surface area contributed by atoms with Crippen LogP contribution in [0.3, 0.4) is 0 Å². The zero-order chi connectivity index (χ0) is 20.9. The molecule has 2 amide bonds. The minimum absolute atomic E-state index is 0.0315. The Bertz CT molecular complexity index is 932. The fourth-order valence-electron chi connectivity index (χ4n) is 3.50. The second-order valence-corrected chi connectivity index (χ2v) is 10.7. The predicted octanol–water partition coefficient (Wildman–Crippen LogP) is 5.56. The van der Waals surface area contributed by atoms with Crippen LogP contribution in [-0.2, 0) is 11.3 Å². The summed E-state index contributed by atoms with van der Waals surface area (Å²) in [5.41, 5.74) is 0.430. The summed E-state index contributed by atoms with van der Waals surface area (Å²) in [7, 11) is 0. The number of hydrogen-bond donors (Lipinski definition) is 1. The topological polar surface area (TPSA) is 62.6 Å². The van der Waals surface area contributed by atoms with E-state index in [0.717, 1.165) is 34.9 Å². The van der Waals surface area contributed by atoms with Gasteiger partial charge < -0.3 is 14.6 Å². The van der Waals surface area contributed by atoms with Gasteiger partial charge in [-0.15, -0.1) is 11.3 Å². The molecule has 0 radical (unpaired) electrons. The molecule has 2 unspecified atom stereocenters. The van der Waals surface area contributed by atoms with E-state index >= 15 is 0 Å². The molecular formula is C23H30N2O3S. The average Bonchev–Trinajstić information content (AvgIpc) is 3.53. The number of amides is 2. The maximum atomic E-state index is 13.3. The Morgan fingerprint density at radius 2 is 1.97 bits per heavy atom. The first kappa shape index (κ1) is 20.2. The number of hydrogen-bond acceptors (Lipinski definition) is 4. The van der Waals surface area contributed by atoms with Gasteiger partial charge in [-0.05, 0) is 55.9 Å². The van der Waals surface area contributed by atoms with Gasteiger partial charge in [0.2, 0.25) is 5.91 Å². The lowest BCUT2D eigenvalue weighted by Crippen LogP contribution is -2.32. The van der Waals surface area contributed by atoms with Gasteiger partial charge in [-0.3, -0.25) is 9.59 Å². The Hall–Kier alpha value is -2.08. The van der Waals surface area contributed by atoms with Gasteiger partial charge in [-0.25, -0.2) is 0 Å². The van der Waals surface area contributed by atoms with E-state index in [1.807, 2.05) is 44.7 Å². The third-order valence-corrected chi connectivity index (χ3v) is 6.90. The summed E-state index contributed by atoms with van der Waals surface area (Å²) in [6.07, 6.45) is 3.27. The van der Waals surface area contributed by atoms with E-state index in [-0.39, 0.29) is 17.9 Å². The van der Waals surface area contributed by atoms with Crippen LogP contribution in [0.4, 0.5) is 5.00 Å². The molecule has 2 aliphatic carbocycles. The molecule has 6 heteroatoms. The normalized spacial score (nSPS) is 21.1. The highest BCUT2D eigenvalue weighted by atomic mass is 32.1. The van der Waals surface area contributed by atoms with Gasteiger partial charge in [0.25, 0.3) is 5.91 Å². The molecule has 5 nitrogen and oxygen atoms in total. The van der Waals surface area contributed by atoms with Crippen molar-refractivity contribution in [1.29, 1.82) is 0 Å². The number of anilines is 1. The van der Waals surface area contributed by atoms with Crippen molar-refractivity contribution in [2.75, 3.05) is 5.32 Å². The van der Waals surface area contributed by atoms with Crippen molar-refractivity contribution in [1.82, 2.24) is 4.90 Å². The fourth-order valence-corrected chi connectivity index (χ4v) is 4.53. The van der Waals surface area contributed by atoms with Gasteiger partial charge in [0.1, 0.15) is 11.5 Å². The summed E-state index contributed by atoms with van der Waals surface area (Å²) in [4.78, 5) is 28.3. The molecule has 1 N–H and O–H groups in total. The molecule has 2 aromatic heterocycles. The smallest absolute Gasteiger partial charge is 0.264 e. The first-order valence-corrected chi connectivity index (χ1v) is 11.3. The van der Waals surface area contributed by atoms with Crippen LogP contribution < -0.4 is 5.32 Å².